The lowest BCUT2D eigenvalue weighted by atomic mass is 10.2. The molecule has 0 fully saturated rings. The van der Waals surface area contributed by atoms with Crippen LogP contribution in [0, 0.1) is 17.0 Å². The van der Waals surface area contributed by atoms with Gasteiger partial charge in [0.05, 0.1) is 9.82 Å². The van der Waals surface area contributed by atoms with Gasteiger partial charge in [0, 0.05) is 22.8 Å². The average Bonchev–Trinajstić information content (AvgIpc) is 2.51. The number of nitrogens with one attached hydrogen (secondary N) is 1. The highest BCUT2D eigenvalue weighted by Crippen LogP contribution is 2.28. The number of non-ortho nitro benzene ring substituents is 1. The number of amides is 1. The maximum Gasteiger partial charge on any atom is 0.417 e. The molecule has 0 aromatic heterocycles. The van der Waals surface area contributed by atoms with E-state index in [0.29, 0.717) is 5.56 Å². The molecule has 25 heavy (non-hydrogen) atoms. The molecule has 0 bridgehead atoms. The summed E-state index contributed by atoms with van der Waals surface area (Å²) in [6.45, 7) is 1.53. The number of hydrogen-bond acceptors (Lipinski definition) is 6. The molecule has 9 nitrogen and oxygen atoms in total. The molecule has 0 radical (unpaired) electrons. The van der Waals surface area contributed by atoms with Crippen molar-refractivity contribution in [1.82, 2.24) is 0 Å². The topological polar surface area (TPSA) is 136 Å². The number of anilines is 1. The standard InChI is InChI=1S/C14H11ClN2O7S/c1-8-12(15)6-11(25(21,22)23)7-13(8)16-14(18)24-10-4-2-9(3-5-10)17(19)20/h2-7H,1H3,(H,16,18)(H,21,22,23). The highest BCUT2D eigenvalue weighted by atomic mass is 35.5. The highest BCUT2D eigenvalue weighted by Gasteiger charge is 2.17. The summed E-state index contributed by atoms with van der Waals surface area (Å²) in [6.07, 6.45) is -0.972. The van der Waals surface area contributed by atoms with Gasteiger partial charge in [-0.1, -0.05) is 11.6 Å². The minimum atomic E-state index is -4.51. The molecule has 0 aliphatic rings. The SMILES string of the molecule is Cc1c(Cl)cc(S(=O)(=O)O)cc1NC(=O)Oc1ccc([N+](=O)[O-])cc1. The fraction of sp³-hybridized carbons (Fsp3) is 0.0714. The molecule has 0 unspecified atom stereocenters. The van der Waals surface area contributed by atoms with Crippen molar-refractivity contribution in [2.75, 3.05) is 5.32 Å². The third-order valence-corrected chi connectivity index (χ3v) is 4.33. The Kier molecular flexibility index (Phi) is 5.26. The van der Waals surface area contributed by atoms with E-state index in [1.54, 1.807) is 0 Å². The van der Waals surface area contributed by atoms with Crippen molar-refractivity contribution in [2.45, 2.75) is 11.8 Å². The predicted molar refractivity (Wildman–Crippen MR) is 88.7 cm³/mol. The van der Waals surface area contributed by atoms with Crippen molar-refractivity contribution in [3.8, 4) is 5.75 Å². The maximum absolute atomic E-state index is 11.9. The number of nitro groups is 1. The first kappa shape index (κ1) is 18.6. The van der Waals surface area contributed by atoms with Gasteiger partial charge in [0.15, 0.2) is 0 Å². The number of carbonyl (C=O) groups is 1. The van der Waals surface area contributed by atoms with E-state index in [1.165, 1.54) is 19.1 Å². The maximum atomic E-state index is 11.9. The zero-order valence-electron chi connectivity index (χ0n) is 12.6. The lowest BCUT2D eigenvalue weighted by Crippen LogP contribution is -2.18. The predicted octanol–water partition coefficient (Wildman–Crippen LogP) is 3.41. The van der Waals surface area contributed by atoms with E-state index in [2.05, 4.69) is 5.32 Å². The van der Waals surface area contributed by atoms with E-state index in [-0.39, 0.29) is 22.1 Å². The van der Waals surface area contributed by atoms with E-state index >= 15 is 0 Å². The summed E-state index contributed by atoms with van der Waals surface area (Å²) in [6, 6.07) is 6.83. The molecule has 2 rings (SSSR count). The number of rotatable bonds is 4. The molecule has 2 aromatic carbocycles. The Bertz CT molecular complexity index is 942. The van der Waals surface area contributed by atoms with Crippen LogP contribution in [0.25, 0.3) is 0 Å². The summed E-state index contributed by atoms with van der Waals surface area (Å²) in [7, 11) is -4.51. The summed E-state index contributed by atoms with van der Waals surface area (Å²) in [4.78, 5) is 21.4. The largest absolute Gasteiger partial charge is 0.417 e. The molecule has 0 saturated carbocycles. The third-order valence-electron chi connectivity index (χ3n) is 3.11. The van der Waals surface area contributed by atoms with Gasteiger partial charge in [-0.15, -0.1) is 0 Å². The van der Waals surface area contributed by atoms with Crippen LogP contribution < -0.4 is 10.1 Å². The minimum Gasteiger partial charge on any atom is -0.410 e. The second kappa shape index (κ2) is 7.05. The van der Waals surface area contributed by atoms with Crippen molar-refractivity contribution < 1.29 is 27.4 Å². The Hall–Kier alpha value is -2.69. The summed E-state index contributed by atoms with van der Waals surface area (Å²) in [5.41, 5.74) is 0.206. The number of carbonyl (C=O) groups excluding carboxylic acids is 1. The molecule has 2 N–H and O–H groups in total. The second-order valence-corrected chi connectivity index (χ2v) is 6.65. The molecule has 0 atom stereocenters. The zero-order chi connectivity index (χ0) is 18.8. The molecule has 132 valence electrons. The van der Waals surface area contributed by atoms with Gasteiger partial charge in [-0.3, -0.25) is 20.0 Å². The summed E-state index contributed by atoms with van der Waals surface area (Å²) < 4.78 is 36.4. The van der Waals surface area contributed by atoms with Crippen molar-refractivity contribution in [2.24, 2.45) is 0 Å². The molecule has 0 heterocycles. The van der Waals surface area contributed by atoms with Crippen LogP contribution in [-0.4, -0.2) is 24.0 Å². The van der Waals surface area contributed by atoms with Crippen LogP contribution in [0.5, 0.6) is 5.75 Å². The first-order valence-electron chi connectivity index (χ1n) is 6.59. The van der Waals surface area contributed by atoms with E-state index in [4.69, 9.17) is 20.9 Å². The quantitative estimate of drug-likeness (QED) is 0.466. The Morgan fingerprint density at radius 2 is 1.88 bits per heavy atom. The third kappa shape index (κ3) is 4.66. The second-order valence-electron chi connectivity index (χ2n) is 4.82. The van der Waals surface area contributed by atoms with Crippen molar-refractivity contribution >= 4 is 39.2 Å². The van der Waals surface area contributed by atoms with Gasteiger partial charge in [-0.05, 0) is 36.8 Å². The average molecular weight is 387 g/mol. The van der Waals surface area contributed by atoms with Gasteiger partial charge in [0.25, 0.3) is 15.8 Å². The Balaban J connectivity index is 2.20. The molecule has 0 aliphatic carbocycles. The Morgan fingerprint density at radius 3 is 2.40 bits per heavy atom. The van der Waals surface area contributed by atoms with E-state index < -0.39 is 26.0 Å². The molecule has 0 saturated heterocycles. The van der Waals surface area contributed by atoms with Crippen LogP contribution in [-0.2, 0) is 10.1 Å². The van der Waals surface area contributed by atoms with Crippen molar-refractivity contribution in [3.63, 3.8) is 0 Å². The lowest BCUT2D eigenvalue weighted by Gasteiger charge is -2.11. The van der Waals surface area contributed by atoms with Gasteiger partial charge in [0.2, 0.25) is 0 Å². The Morgan fingerprint density at radius 1 is 1.28 bits per heavy atom. The molecular formula is C14H11ClN2O7S. The monoisotopic (exact) mass is 386 g/mol. The number of halogens is 1. The molecule has 2 aromatic rings. The molecule has 0 aliphatic heterocycles. The first-order valence-corrected chi connectivity index (χ1v) is 8.40. The van der Waals surface area contributed by atoms with Crippen LogP contribution in [0.2, 0.25) is 5.02 Å². The molecular weight excluding hydrogens is 376 g/mol. The number of ether oxygens (including phenoxy) is 1. The normalized spacial score (nSPS) is 11.0. The van der Waals surface area contributed by atoms with Crippen LogP contribution in [0.3, 0.4) is 0 Å². The highest BCUT2D eigenvalue weighted by molar-refractivity contribution is 7.85. The first-order chi connectivity index (χ1) is 11.6. The number of nitrogens with zero attached hydrogens (tertiary/aromatic N) is 1. The summed E-state index contributed by atoms with van der Waals surface area (Å²) in [5.74, 6) is 0.0396. The van der Waals surface area contributed by atoms with Crippen molar-refractivity contribution in [1.29, 1.82) is 0 Å². The van der Waals surface area contributed by atoms with Crippen LogP contribution in [0.1, 0.15) is 5.56 Å². The molecule has 0 spiro atoms. The number of hydrogen-bond donors (Lipinski definition) is 2. The van der Waals surface area contributed by atoms with Gasteiger partial charge in [-0.25, -0.2) is 4.79 Å². The van der Waals surface area contributed by atoms with Crippen LogP contribution >= 0.6 is 11.6 Å². The van der Waals surface area contributed by atoms with Crippen LogP contribution in [0.4, 0.5) is 16.2 Å². The number of nitro benzene ring substituents is 1. The summed E-state index contributed by atoms with van der Waals surface area (Å²) in [5, 5.41) is 12.9. The minimum absolute atomic E-state index is 0.0146. The van der Waals surface area contributed by atoms with Crippen LogP contribution in [0.15, 0.2) is 41.3 Å². The van der Waals surface area contributed by atoms with E-state index in [1.807, 2.05) is 0 Å². The lowest BCUT2D eigenvalue weighted by molar-refractivity contribution is -0.384. The fourth-order valence-electron chi connectivity index (χ4n) is 1.81. The zero-order valence-corrected chi connectivity index (χ0v) is 14.2. The fourth-order valence-corrected chi connectivity index (χ4v) is 2.63. The van der Waals surface area contributed by atoms with Gasteiger partial charge >= 0.3 is 6.09 Å². The Labute approximate surface area is 147 Å². The van der Waals surface area contributed by atoms with Gasteiger partial charge in [0.1, 0.15) is 5.75 Å². The van der Waals surface area contributed by atoms with Gasteiger partial charge in [-0.2, -0.15) is 8.42 Å². The van der Waals surface area contributed by atoms with Gasteiger partial charge < -0.3 is 4.74 Å². The molecule has 11 heteroatoms. The number of benzene rings is 2. The van der Waals surface area contributed by atoms with Crippen molar-refractivity contribution in [3.05, 3.63) is 57.1 Å². The summed E-state index contributed by atoms with van der Waals surface area (Å²) >= 11 is 5.88. The van der Waals surface area contributed by atoms with E-state index in [0.717, 1.165) is 24.3 Å². The van der Waals surface area contributed by atoms with E-state index in [9.17, 15) is 23.3 Å². The smallest absolute Gasteiger partial charge is 0.410 e. The molecule has 1 amide bonds.